The number of nitrogens with zero attached hydrogens (tertiary/aromatic N) is 5. The number of allylic oxidation sites excluding steroid dienone is 1. The van der Waals surface area contributed by atoms with Crippen molar-refractivity contribution in [2.75, 3.05) is 52.2 Å². The average Bonchev–Trinajstić information content (AvgIpc) is 3.33. The Labute approximate surface area is 228 Å². The first kappa shape index (κ1) is 27.1. The fourth-order valence-electron chi connectivity index (χ4n) is 6.25. The molecule has 3 aliphatic heterocycles. The van der Waals surface area contributed by atoms with Gasteiger partial charge in [-0.05, 0) is 43.1 Å². The van der Waals surface area contributed by atoms with Crippen LogP contribution in [0.1, 0.15) is 59.7 Å². The van der Waals surface area contributed by atoms with E-state index in [9.17, 15) is 13.6 Å². The first-order valence-corrected chi connectivity index (χ1v) is 13.7. The minimum absolute atomic E-state index is 0.0622. The number of anilines is 2. The van der Waals surface area contributed by atoms with Gasteiger partial charge in [-0.1, -0.05) is 0 Å². The zero-order valence-corrected chi connectivity index (χ0v) is 23.0. The summed E-state index contributed by atoms with van der Waals surface area (Å²) in [6, 6.07) is 3.69. The number of piperidine rings is 1. The molecule has 0 saturated carbocycles. The largest absolute Gasteiger partial charge is 0.404 e. The molecule has 0 spiro atoms. The summed E-state index contributed by atoms with van der Waals surface area (Å²) >= 11 is 0. The van der Waals surface area contributed by atoms with Crippen molar-refractivity contribution in [2.24, 2.45) is 10.7 Å². The van der Waals surface area contributed by atoms with Gasteiger partial charge in [0.15, 0.2) is 11.9 Å². The number of carbonyl (C=O) groups excluding carboxylic acids is 1. The Hall–Kier alpha value is -3.47. The third-order valence-electron chi connectivity index (χ3n) is 8.31. The number of fused-ring (bicyclic) bond motifs is 2. The maximum Gasteiger partial charge on any atom is 0.317 e. The summed E-state index contributed by atoms with van der Waals surface area (Å²) in [6.45, 7) is 3.86. The number of aliphatic imine (C=N–C) groups is 1. The van der Waals surface area contributed by atoms with Crippen LogP contribution in [0.2, 0.25) is 0 Å². The lowest BCUT2D eigenvalue weighted by atomic mass is 9.92. The van der Waals surface area contributed by atoms with Crippen molar-refractivity contribution in [2.45, 2.75) is 51.1 Å². The lowest BCUT2D eigenvalue weighted by Gasteiger charge is -2.32. The van der Waals surface area contributed by atoms with Gasteiger partial charge in [0, 0.05) is 82.4 Å². The number of urea groups is 1. The number of aromatic nitrogens is 2. The predicted molar refractivity (Wildman–Crippen MR) is 149 cm³/mol. The van der Waals surface area contributed by atoms with Crippen molar-refractivity contribution < 1.29 is 18.3 Å². The maximum absolute atomic E-state index is 14.4. The van der Waals surface area contributed by atoms with E-state index < -0.39 is 6.43 Å². The molecule has 3 aliphatic rings. The number of alkyl halides is 2. The molecule has 1 fully saturated rings. The van der Waals surface area contributed by atoms with Crippen molar-refractivity contribution in [3.05, 3.63) is 46.3 Å². The second kappa shape index (κ2) is 11.3. The van der Waals surface area contributed by atoms with Crippen LogP contribution in [0.4, 0.5) is 25.1 Å². The number of aryl methyl sites for hydroxylation is 1. The molecular weight excluding hydrogens is 502 g/mol. The monoisotopic (exact) mass is 541 g/mol. The van der Waals surface area contributed by atoms with E-state index in [1.54, 1.807) is 20.2 Å². The van der Waals surface area contributed by atoms with Gasteiger partial charge in [-0.2, -0.15) is 0 Å². The van der Waals surface area contributed by atoms with E-state index in [4.69, 9.17) is 5.73 Å². The zero-order valence-electron chi connectivity index (χ0n) is 23.0. The topological polar surface area (TPSA) is 96.9 Å². The van der Waals surface area contributed by atoms with Crippen molar-refractivity contribution in [1.29, 1.82) is 0 Å². The molecule has 1 saturated heterocycles. The number of benzene rings is 1. The molecular formula is C28H39F2N8O+. The minimum Gasteiger partial charge on any atom is -0.404 e. The first-order valence-electron chi connectivity index (χ1n) is 13.7. The second-order valence-electron chi connectivity index (χ2n) is 10.7. The standard InChI is InChI=1S/C28H38F2N8O/c1-32-16-19(15-31)21-13-18-5-4-9-37(25(18)14-22(21)26(29)30)27-23-17-36(28(39)33-2)12-8-24(23)38(34-27)20-6-10-35(3)11-7-20/h13-16,20,26H,4-12,17H2,1-3H3,(H3,31,32,33,39)/p+1. The number of hydrogen-bond acceptors (Lipinski definition) is 5. The molecule has 0 atom stereocenters. The number of rotatable bonds is 5. The number of likely N-dealkylation sites (tertiary alicyclic amines) is 1. The van der Waals surface area contributed by atoms with Crippen molar-refractivity contribution in [3.8, 4) is 0 Å². The summed E-state index contributed by atoms with van der Waals surface area (Å²) in [5.74, 6) is 0.899. The summed E-state index contributed by atoms with van der Waals surface area (Å²) in [6.07, 6.45) is 4.67. The van der Waals surface area contributed by atoms with E-state index in [0.717, 1.165) is 67.8 Å². The zero-order chi connectivity index (χ0) is 27.7. The molecule has 9 nitrogen and oxygen atoms in total. The number of amides is 2. The van der Waals surface area contributed by atoms with E-state index in [2.05, 4.69) is 36.9 Å². The Balaban J connectivity index is 1.62. The van der Waals surface area contributed by atoms with Crippen molar-refractivity contribution in [1.82, 2.24) is 20.2 Å². The van der Waals surface area contributed by atoms with Gasteiger partial charge in [-0.15, -0.1) is 9.78 Å². The van der Waals surface area contributed by atoms with Gasteiger partial charge < -0.3 is 25.8 Å². The highest BCUT2D eigenvalue weighted by Crippen LogP contribution is 2.41. The molecule has 210 valence electrons. The minimum atomic E-state index is -2.67. The van der Waals surface area contributed by atoms with Crippen LogP contribution in [-0.4, -0.2) is 74.5 Å². The van der Waals surface area contributed by atoms with E-state index in [0.29, 0.717) is 36.8 Å². The van der Waals surface area contributed by atoms with Crippen LogP contribution in [0.3, 0.4) is 0 Å². The SMILES string of the molecule is CN=C/C(=C\N)c1cc2c(cc1C(F)F)N(c1[nH][n+](C3CCN(C)CC3)c3c1CN(C(=O)NC)CC3)CCC2. The third kappa shape index (κ3) is 5.11. The summed E-state index contributed by atoms with van der Waals surface area (Å²) in [5.41, 5.74) is 10.7. The second-order valence-corrected chi connectivity index (χ2v) is 10.7. The van der Waals surface area contributed by atoms with Crippen LogP contribution in [0, 0.1) is 0 Å². The predicted octanol–water partition coefficient (Wildman–Crippen LogP) is 3.29. The molecule has 0 unspecified atom stereocenters. The molecule has 5 rings (SSSR count). The summed E-state index contributed by atoms with van der Waals surface area (Å²) in [7, 11) is 5.39. The molecule has 2 aromatic rings. The molecule has 2 amide bonds. The number of hydrogen-bond donors (Lipinski definition) is 3. The van der Waals surface area contributed by atoms with Gasteiger partial charge >= 0.3 is 6.03 Å². The number of halogens is 2. The normalized spacial score (nSPS) is 19.1. The quantitative estimate of drug-likeness (QED) is 0.400. The highest BCUT2D eigenvalue weighted by molar-refractivity contribution is 6.10. The van der Waals surface area contributed by atoms with E-state index in [1.165, 1.54) is 18.1 Å². The molecule has 4 N–H and O–H groups in total. The van der Waals surface area contributed by atoms with E-state index in [-0.39, 0.29) is 11.6 Å². The maximum atomic E-state index is 14.4. The van der Waals surface area contributed by atoms with Crippen LogP contribution in [0.15, 0.2) is 23.3 Å². The van der Waals surface area contributed by atoms with Crippen molar-refractivity contribution in [3.63, 3.8) is 0 Å². The molecule has 11 heteroatoms. The summed E-state index contributed by atoms with van der Waals surface area (Å²) < 4.78 is 31.1. The summed E-state index contributed by atoms with van der Waals surface area (Å²) in [5, 5.41) is 6.46. The van der Waals surface area contributed by atoms with Gasteiger partial charge in [0.25, 0.3) is 6.43 Å². The first-order chi connectivity index (χ1) is 18.9. The molecule has 1 aromatic heterocycles. The van der Waals surface area contributed by atoms with E-state index >= 15 is 0 Å². The smallest absolute Gasteiger partial charge is 0.317 e. The van der Waals surface area contributed by atoms with Crippen LogP contribution in [0.5, 0.6) is 0 Å². The Morgan fingerprint density at radius 2 is 2.00 bits per heavy atom. The lowest BCUT2D eigenvalue weighted by molar-refractivity contribution is -0.781. The van der Waals surface area contributed by atoms with Crippen LogP contribution in [0.25, 0.3) is 5.57 Å². The van der Waals surface area contributed by atoms with E-state index in [1.807, 2.05) is 11.0 Å². The number of nitrogens with one attached hydrogen (secondary N) is 2. The number of carbonyl (C=O) groups is 1. The summed E-state index contributed by atoms with van der Waals surface area (Å²) in [4.78, 5) is 22.9. The Morgan fingerprint density at radius 3 is 2.67 bits per heavy atom. The van der Waals surface area contributed by atoms with Crippen LogP contribution < -0.4 is 20.6 Å². The molecule has 0 bridgehead atoms. The Kier molecular flexibility index (Phi) is 7.88. The Bertz CT molecular complexity index is 1280. The van der Waals surface area contributed by atoms with Gasteiger partial charge in [0.1, 0.15) is 0 Å². The molecule has 4 heterocycles. The van der Waals surface area contributed by atoms with Crippen LogP contribution >= 0.6 is 0 Å². The highest BCUT2D eigenvalue weighted by Gasteiger charge is 2.39. The van der Waals surface area contributed by atoms with Gasteiger partial charge in [-0.3, -0.25) is 4.99 Å². The number of aromatic amines is 1. The molecule has 0 aliphatic carbocycles. The Morgan fingerprint density at radius 1 is 1.23 bits per heavy atom. The average molecular weight is 542 g/mol. The van der Waals surface area contributed by atoms with Gasteiger partial charge in [-0.25, -0.2) is 13.6 Å². The third-order valence-corrected chi connectivity index (χ3v) is 8.31. The molecule has 39 heavy (non-hydrogen) atoms. The van der Waals surface area contributed by atoms with Crippen molar-refractivity contribution >= 4 is 29.3 Å². The highest BCUT2D eigenvalue weighted by atomic mass is 19.3. The molecule has 1 aromatic carbocycles. The fraction of sp³-hybridized carbons (Fsp3) is 0.536. The van der Waals surface area contributed by atoms with Gasteiger partial charge in [0.2, 0.25) is 5.69 Å². The van der Waals surface area contributed by atoms with Gasteiger partial charge in [0.05, 0.1) is 18.5 Å². The number of H-pyrrole nitrogens is 1. The lowest BCUT2D eigenvalue weighted by Crippen LogP contribution is -2.51. The molecule has 0 radical (unpaired) electrons. The fourth-order valence-corrected chi connectivity index (χ4v) is 6.25. The van der Waals surface area contributed by atoms with Crippen LogP contribution in [-0.2, 0) is 19.4 Å². The number of nitrogens with two attached hydrogens (primary N) is 1.